The lowest BCUT2D eigenvalue weighted by Crippen LogP contribution is -2.24. The first kappa shape index (κ1) is 13.5. The molecule has 0 amide bonds. The van der Waals surface area contributed by atoms with E-state index in [4.69, 9.17) is 5.73 Å². The molecule has 2 heteroatoms. The minimum atomic E-state index is -0.160. The molecule has 0 heterocycles. The van der Waals surface area contributed by atoms with E-state index in [9.17, 15) is 4.39 Å². The SMILES string of the molecule is NC(CCC1CCCCC1)Cc1cccc(F)c1. The molecule has 1 unspecified atom stereocenters. The Bertz CT molecular complexity index is 358. The molecule has 1 aromatic carbocycles. The van der Waals surface area contributed by atoms with Crippen molar-refractivity contribution in [3.05, 3.63) is 35.6 Å². The summed E-state index contributed by atoms with van der Waals surface area (Å²) in [5, 5.41) is 0. The highest BCUT2D eigenvalue weighted by atomic mass is 19.1. The Hall–Kier alpha value is -0.890. The largest absolute Gasteiger partial charge is 0.327 e. The Labute approximate surface area is 110 Å². The van der Waals surface area contributed by atoms with E-state index in [1.165, 1.54) is 44.6 Å². The van der Waals surface area contributed by atoms with Gasteiger partial charge in [-0.15, -0.1) is 0 Å². The maximum Gasteiger partial charge on any atom is 0.123 e. The minimum absolute atomic E-state index is 0.160. The first-order valence-corrected chi connectivity index (χ1v) is 7.24. The Morgan fingerprint density at radius 2 is 2.00 bits per heavy atom. The van der Waals surface area contributed by atoms with Gasteiger partial charge in [0.1, 0.15) is 5.82 Å². The van der Waals surface area contributed by atoms with Crippen LogP contribution in [0.4, 0.5) is 4.39 Å². The molecule has 0 bridgehead atoms. The molecule has 0 radical (unpaired) electrons. The van der Waals surface area contributed by atoms with Gasteiger partial charge in [-0.1, -0.05) is 44.2 Å². The summed E-state index contributed by atoms with van der Waals surface area (Å²) >= 11 is 0. The standard InChI is InChI=1S/C16H24FN/c17-15-8-4-7-14(11-15)12-16(18)10-9-13-5-2-1-3-6-13/h4,7-8,11,13,16H,1-3,5-6,9-10,12,18H2. The topological polar surface area (TPSA) is 26.0 Å². The zero-order valence-electron chi connectivity index (χ0n) is 11.1. The smallest absolute Gasteiger partial charge is 0.123 e. The van der Waals surface area contributed by atoms with Crippen LogP contribution < -0.4 is 5.73 Å². The average molecular weight is 249 g/mol. The molecule has 1 atom stereocenters. The summed E-state index contributed by atoms with van der Waals surface area (Å²) in [5.41, 5.74) is 7.17. The van der Waals surface area contributed by atoms with Gasteiger partial charge in [-0.3, -0.25) is 0 Å². The molecule has 0 spiro atoms. The van der Waals surface area contributed by atoms with Crippen molar-refractivity contribution in [1.82, 2.24) is 0 Å². The van der Waals surface area contributed by atoms with Crippen LogP contribution in [0.1, 0.15) is 50.5 Å². The van der Waals surface area contributed by atoms with E-state index in [0.29, 0.717) is 0 Å². The number of benzene rings is 1. The van der Waals surface area contributed by atoms with Gasteiger partial charge in [-0.2, -0.15) is 0 Å². The maximum absolute atomic E-state index is 13.1. The average Bonchev–Trinajstić information content (AvgIpc) is 2.38. The Balaban J connectivity index is 1.72. The lowest BCUT2D eigenvalue weighted by Gasteiger charge is -2.23. The molecule has 0 saturated heterocycles. The Kier molecular flexibility index (Phi) is 5.18. The first-order chi connectivity index (χ1) is 8.74. The molecule has 1 aliphatic carbocycles. The van der Waals surface area contributed by atoms with Gasteiger partial charge >= 0.3 is 0 Å². The molecular formula is C16H24FN. The number of nitrogens with two attached hydrogens (primary N) is 1. The molecule has 1 aromatic rings. The van der Waals surface area contributed by atoms with Crippen molar-refractivity contribution in [2.75, 3.05) is 0 Å². The molecule has 2 rings (SSSR count). The predicted octanol–water partition coefficient (Wildman–Crippen LogP) is 4.06. The van der Waals surface area contributed by atoms with Crippen molar-refractivity contribution < 1.29 is 4.39 Å². The zero-order valence-corrected chi connectivity index (χ0v) is 11.1. The summed E-state index contributed by atoms with van der Waals surface area (Å²) in [5.74, 6) is 0.726. The number of halogens is 1. The van der Waals surface area contributed by atoms with Gasteiger partial charge in [0.25, 0.3) is 0 Å². The number of rotatable bonds is 5. The Morgan fingerprint density at radius 3 is 2.72 bits per heavy atom. The van der Waals surface area contributed by atoms with E-state index in [1.807, 2.05) is 6.07 Å². The van der Waals surface area contributed by atoms with Gasteiger partial charge in [0.2, 0.25) is 0 Å². The van der Waals surface area contributed by atoms with Crippen molar-refractivity contribution in [2.45, 2.75) is 57.4 Å². The highest BCUT2D eigenvalue weighted by molar-refractivity contribution is 5.17. The molecule has 100 valence electrons. The van der Waals surface area contributed by atoms with E-state index in [1.54, 1.807) is 12.1 Å². The summed E-state index contributed by atoms with van der Waals surface area (Å²) in [4.78, 5) is 0. The second-order valence-electron chi connectivity index (χ2n) is 5.68. The first-order valence-electron chi connectivity index (χ1n) is 7.24. The van der Waals surface area contributed by atoms with Crippen LogP contribution >= 0.6 is 0 Å². The van der Waals surface area contributed by atoms with Crippen LogP contribution in [0.15, 0.2) is 24.3 Å². The second kappa shape index (κ2) is 6.89. The lowest BCUT2D eigenvalue weighted by atomic mass is 9.85. The minimum Gasteiger partial charge on any atom is -0.327 e. The Morgan fingerprint density at radius 1 is 1.22 bits per heavy atom. The summed E-state index contributed by atoms with van der Waals surface area (Å²) < 4.78 is 13.1. The molecule has 2 N–H and O–H groups in total. The second-order valence-corrected chi connectivity index (χ2v) is 5.68. The molecule has 1 aliphatic rings. The quantitative estimate of drug-likeness (QED) is 0.837. The highest BCUT2D eigenvalue weighted by Crippen LogP contribution is 2.27. The van der Waals surface area contributed by atoms with E-state index in [-0.39, 0.29) is 11.9 Å². The summed E-state index contributed by atoms with van der Waals surface area (Å²) in [6.07, 6.45) is 10.1. The normalized spacial score (nSPS) is 18.8. The molecule has 0 aromatic heterocycles. The fraction of sp³-hybridized carbons (Fsp3) is 0.625. The van der Waals surface area contributed by atoms with Crippen molar-refractivity contribution in [3.8, 4) is 0 Å². The van der Waals surface area contributed by atoms with Crippen LogP contribution in [0.2, 0.25) is 0 Å². The third-order valence-corrected chi connectivity index (χ3v) is 4.06. The van der Waals surface area contributed by atoms with Gasteiger partial charge in [-0.05, 0) is 42.9 Å². The van der Waals surface area contributed by atoms with E-state index < -0.39 is 0 Å². The molecule has 1 fully saturated rings. The maximum atomic E-state index is 13.1. The van der Waals surface area contributed by atoms with Gasteiger partial charge < -0.3 is 5.73 Å². The van der Waals surface area contributed by atoms with E-state index in [2.05, 4.69) is 0 Å². The number of hydrogen-bond donors (Lipinski definition) is 1. The van der Waals surface area contributed by atoms with Crippen LogP contribution in [0.3, 0.4) is 0 Å². The molecule has 18 heavy (non-hydrogen) atoms. The summed E-state index contributed by atoms with van der Waals surface area (Å²) in [6, 6.07) is 6.98. The van der Waals surface area contributed by atoms with Crippen molar-refractivity contribution in [3.63, 3.8) is 0 Å². The summed E-state index contributed by atoms with van der Waals surface area (Å²) in [6.45, 7) is 0. The fourth-order valence-corrected chi connectivity index (χ4v) is 2.99. The molecule has 1 saturated carbocycles. The van der Waals surface area contributed by atoms with Crippen molar-refractivity contribution >= 4 is 0 Å². The number of hydrogen-bond acceptors (Lipinski definition) is 1. The monoisotopic (exact) mass is 249 g/mol. The fourth-order valence-electron chi connectivity index (χ4n) is 2.99. The highest BCUT2D eigenvalue weighted by Gasteiger charge is 2.14. The summed E-state index contributed by atoms with van der Waals surface area (Å²) in [7, 11) is 0. The lowest BCUT2D eigenvalue weighted by molar-refractivity contribution is 0.323. The van der Waals surface area contributed by atoms with Crippen LogP contribution in [0.25, 0.3) is 0 Å². The van der Waals surface area contributed by atoms with Crippen LogP contribution in [-0.4, -0.2) is 6.04 Å². The zero-order chi connectivity index (χ0) is 12.8. The molecular weight excluding hydrogens is 225 g/mol. The van der Waals surface area contributed by atoms with Crippen molar-refractivity contribution in [2.24, 2.45) is 11.7 Å². The van der Waals surface area contributed by atoms with Crippen LogP contribution in [0, 0.1) is 11.7 Å². The third kappa shape index (κ3) is 4.41. The van der Waals surface area contributed by atoms with E-state index >= 15 is 0 Å². The van der Waals surface area contributed by atoms with Gasteiger partial charge in [0.15, 0.2) is 0 Å². The predicted molar refractivity (Wildman–Crippen MR) is 73.9 cm³/mol. The third-order valence-electron chi connectivity index (χ3n) is 4.06. The van der Waals surface area contributed by atoms with Gasteiger partial charge in [-0.25, -0.2) is 4.39 Å². The van der Waals surface area contributed by atoms with E-state index in [0.717, 1.165) is 24.3 Å². The van der Waals surface area contributed by atoms with Gasteiger partial charge in [0, 0.05) is 6.04 Å². The van der Waals surface area contributed by atoms with Gasteiger partial charge in [0.05, 0.1) is 0 Å². The van der Waals surface area contributed by atoms with Crippen LogP contribution in [0.5, 0.6) is 0 Å². The molecule has 0 aliphatic heterocycles. The molecule has 1 nitrogen and oxygen atoms in total. The van der Waals surface area contributed by atoms with Crippen LogP contribution in [-0.2, 0) is 6.42 Å². The van der Waals surface area contributed by atoms with Crippen molar-refractivity contribution in [1.29, 1.82) is 0 Å².